The SMILES string of the molecule is Cc1ccc(Nc2c(-c3ccc(F)cc3)nc3n2CCN(C(=O)C(=O)C(C)C)C3)cc1. The Labute approximate surface area is 180 Å². The number of nitrogens with one attached hydrogen (secondary N) is 1. The summed E-state index contributed by atoms with van der Waals surface area (Å²) in [6, 6.07) is 14.2. The molecule has 160 valence electrons. The molecule has 1 aliphatic heterocycles. The Bertz CT molecular complexity index is 1120. The van der Waals surface area contributed by atoms with E-state index in [1.165, 1.54) is 12.1 Å². The molecule has 6 nitrogen and oxygen atoms in total. The topological polar surface area (TPSA) is 67.2 Å². The fourth-order valence-electron chi connectivity index (χ4n) is 3.62. The third-order valence-corrected chi connectivity index (χ3v) is 5.43. The molecule has 1 N–H and O–H groups in total. The number of halogens is 1. The minimum absolute atomic E-state index is 0.251. The zero-order valence-corrected chi connectivity index (χ0v) is 17.9. The molecule has 2 aromatic carbocycles. The number of aromatic nitrogens is 2. The molecule has 0 radical (unpaired) electrons. The molecule has 0 unspecified atom stereocenters. The summed E-state index contributed by atoms with van der Waals surface area (Å²) in [6.45, 7) is 6.66. The molecule has 0 bridgehead atoms. The predicted octanol–water partition coefficient (Wildman–Crippen LogP) is 4.31. The number of benzene rings is 2. The summed E-state index contributed by atoms with van der Waals surface area (Å²) in [4.78, 5) is 31.1. The minimum atomic E-state index is -0.472. The molecule has 7 heteroatoms. The number of carbonyl (C=O) groups is 2. The lowest BCUT2D eigenvalue weighted by Gasteiger charge is -2.28. The van der Waals surface area contributed by atoms with Crippen molar-refractivity contribution in [3.63, 3.8) is 0 Å². The lowest BCUT2D eigenvalue weighted by molar-refractivity contribution is -0.147. The third-order valence-electron chi connectivity index (χ3n) is 5.43. The molecule has 31 heavy (non-hydrogen) atoms. The molecular formula is C24H25FN4O2. The van der Waals surface area contributed by atoms with Crippen LogP contribution in [-0.2, 0) is 22.7 Å². The average molecular weight is 420 g/mol. The first-order valence-electron chi connectivity index (χ1n) is 10.4. The van der Waals surface area contributed by atoms with Gasteiger partial charge < -0.3 is 14.8 Å². The van der Waals surface area contributed by atoms with Crippen molar-refractivity contribution in [2.45, 2.75) is 33.9 Å². The van der Waals surface area contributed by atoms with Crippen molar-refractivity contribution in [2.75, 3.05) is 11.9 Å². The molecular weight excluding hydrogens is 395 g/mol. The molecule has 4 rings (SSSR count). The number of nitrogens with zero attached hydrogens (tertiary/aromatic N) is 3. The van der Waals surface area contributed by atoms with Gasteiger partial charge >= 0.3 is 0 Å². The van der Waals surface area contributed by atoms with Crippen molar-refractivity contribution in [3.05, 3.63) is 65.7 Å². The van der Waals surface area contributed by atoms with E-state index in [1.54, 1.807) is 30.9 Å². The number of Topliss-reactive ketones (excluding diaryl/α,β-unsaturated/α-hetero) is 1. The fraction of sp³-hybridized carbons (Fsp3) is 0.292. The Hall–Kier alpha value is -3.48. The summed E-state index contributed by atoms with van der Waals surface area (Å²) in [5, 5.41) is 3.44. The van der Waals surface area contributed by atoms with Gasteiger partial charge in [0.2, 0.25) is 5.78 Å². The zero-order chi connectivity index (χ0) is 22.1. The molecule has 3 aromatic rings. The van der Waals surface area contributed by atoms with Crippen LogP contribution in [0.5, 0.6) is 0 Å². The van der Waals surface area contributed by atoms with Gasteiger partial charge in [0.05, 0.1) is 6.54 Å². The van der Waals surface area contributed by atoms with Crippen LogP contribution in [-0.4, -0.2) is 32.7 Å². The van der Waals surface area contributed by atoms with Gasteiger partial charge in [-0.25, -0.2) is 9.37 Å². The van der Waals surface area contributed by atoms with Crippen LogP contribution in [0.25, 0.3) is 11.3 Å². The van der Waals surface area contributed by atoms with Gasteiger partial charge in [0.1, 0.15) is 23.2 Å². The number of aryl methyl sites for hydroxylation is 1. The molecule has 1 aliphatic rings. The second-order valence-electron chi connectivity index (χ2n) is 8.12. The van der Waals surface area contributed by atoms with Crippen LogP contribution in [0.4, 0.5) is 15.9 Å². The van der Waals surface area contributed by atoms with E-state index in [-0.39, 0.29) is 18.3 Å². The number of carbonyl (C=O) groups excluding carboxylic acids is 2. The van der Waals surface area contributed by atoms with Gasteiger partial charge in [0.25, 0.3) is 5.91 Å². The van der Waals surface area contributed by atoms with E-state index >= 15 is 0 Å². The second-order valence-corrected chi connectivity index (χ2v) is 8.12. The van der Waals surface area contributed by atoms with Crippen molar-refractivity contribution >= 4 is 23.2 Å². The average Bonchev–Trinajstić information content (AvgIpc) is 3.12. The Kier molecular flexibility index (Phi) is 5.59. The monoisotopic (exact) mass is 420 g/mol. The lowest BCUT2D eigenvalue weighted by atomic mass is 10.1. The maximum absolute atomic E-state index is 13.5. The first kappa shape index (κ1) is 20.8. The van der Waals surface area contributed by atoms with Gasteiger partial charge in [-0.1, -0.05) is 31.5 Å². The fourth-order valence-corrected chi connectivity index (χ4v) is 3.62. The van der Waals surface area contributed by atoms with Crippen LogP contribution < -0.4 is 5.32 Å². The van der Waals surface area contributed by atoms with Crippen molar-refractivity contribution < 1.29 is 14.0 Å². The van der Waals surface area contributed by atoms with Gasteiger partial charge in [-0.2, -0.15) is 0 Å². The maximum atomic E-state index is 13.5. The summed E-state index contributed by atoms with van der Waals surface area (Å²) in [7, 11) is 0. The maximum Gasteiger partial charge on any atom is 0.290 e. The highest BCUT2D eigenvalue weighted by atomic mass is 19.1. The van der Waals surface area contributed by atoms with Crippen LogP contribution in [0.15, 0.2) is 48.5 Å². The molecule has 0 fully saturated rings. The molecule has 1 aromatic heterocycles. The van der Waals surface area contributed by atoms with Crippen molar-refractivity contribution in [1.29, 1.82) is 0 Å². The molecule has 0 saturated carbocycles. The predicted molar refractivity (Wildman–Crippen MR) is 117 cm³/mol. The van der Waals surface area contributed by atoms with Crippen LogP contribution >= 0.6 is 0 Å². The van der Waals surface area contributed by atoms with E-state index in [2.05, 4.69) is 5.32 Å². The Morgan fingerprint density at radius 3 is 2.35 bits per heavy atom. The van der Waals surface area contributed by atoms with E-state index in [0.717, 1.165) is 22.6 Å². The summed E-state index contributed by atoms with van der Waals surface area (Å²) in [5.41, 5.74) is 3.52. The van der Waals surface area contributed by atoms with Crippen LogP contribution in [0.1, 0.15) is 25.2 Å². The lowest BCUT2D eigenvalue weighted by Crippen LogP contribution is -2.43. The van der Waals surface area contributed by atoms with E-state index in [0.29, 0.717) is 24.6 Å². The normalized spacial score (nSPS) is 13.3. The highest BCUT2D eigenvalue weighted by Gasteiger charge is 2.30. The Morgan fingerprint density at radius 2 is 1.71 bits per heavy atom. The largest absolute Gasteiger partial charge is 0.340 e. The molecule has 0 saturated heterocycles. The van der Waals surface area contributed by atoms with Gasteiger partial charge in [-0.05, 0) is 43.3 Å². The molecule has 1 amide bonds. The first-order chi connectivity index (χ1) is 14.8. The smallest absolute Gasteiger partial charge is 0.290 e. The van der Waals surface area contributed by atoms with Gasteiger partial charge in [0, 0.05) is 30.3 Å². The number of imidazole rings is 1. The van der Waals surface area contributed by atoms with Gasteiger partial charge in [-0.3, -0.25) is 9.59 Å². The summed E-state index contributed by atoms with van der Waals surface area (Å²) >= 11 is 0. The van der Waals surface area contributed by atoms with Crippen molar-refractivity contribution in [2.24, 2.45) is 5.92 Å². The second kappa shape index (κ2) is 8.34. The third kappa shape index (κ3) is 4.21. The van der Waals surface area contributed by atoms with Crippen LogP contribution in [0, 0.1) is 18.7 Å². The number of anilines is 2. The first-order valence-corrected chi connectivity index (χ1v) is 10.4. The number of ketones is 1. The van der Waals surface area contributed by atoms with Crippen molar-refractivity contribution in [1.82, 2.24) is 14.5 Å². The van der Waals surface area contributed by atoms with E-state index in [9.17, 15) is 14.0 Å². The van der Waals surface area contributed by atoms with Crippen LogP contribution in [0.2, 0.25) is 0 Å². The Balaban J connectivity index is 1.72. The van der Waals surface area contributed by atoms with Gasteiger partial charge in [0.15, 0.2) is 0 Å². The number of hydrogen-bond donors (Lipinski definition) is 1. The van der Waals surface area contributed by atoms with Crippen LogP contribution in [0.3, 0.4) is 0 Å². The summed E-state index contributed by atoms with van der Waals surface area (Å²) in [5.74, 6) is -0.0531. The zero-order valence-electron chi connectivity index (χ0n) is 17.9. The van der Waals surface area contributed by atoms with E-state index in [4.69, 9.17) is 4.98 Å². The molecule has 2 heterocycles. The highest BCUT2D eigenvalue weighted by molar-refractivity contribution is 6.36. The quantitative estimate of drug-likeness (QED) is 0.625. The number of rotatable bonds is 5. The summed E-state index contributed by atoms with van der Waals surface area (Å²) < 4.78 is 15.5. The number of hydrogen-bond acceptors (Lipinski definition) is 4. The molecule has 0 spiro atoms. The molecule has 0 atom stereocenters. The summed E-state index contributed by atoms with van der Waals surface area (Å²) in [6.07, 6.45) is 0. The Morgan fingerprint density at radius 1 is 1.03 bits per heavy atom. The highest BCUT2D eigenvalue weighted by Crippen LogP contribution is 2.33. The van der Waals surface area contributed by atoms with Gasteiger partial charge in [-0.15, -0.1) is 0 Å². The standard InChI is InChI=1S/C24H25FN4O2/c1-15(2)22(30)24(31)28-12-13-29-20(14-28)27-21(17-6-8-18(25)9-7-17)23(29)26-19-10-4-16(3)5-11-19/h4-11,15,26H,12-14H2,1-3H3. The molecule has 0 aliphatic carbocycles. The van der Waals surface area contributed by atoms with Crippen molar-refractivity contribution in [3.8, 4) is 11.3 Å². The number of amides is 1. The number of fused-ring (bicyclic) bond motifs is 1. The van der Waals surface area contributed by atoms with E-state index in [1.807, 2.05) is 35.8 Å². The minimum Gasteiger partial charge on any atom is -0.340 e. The van der Waals surface area contributed by atoms with E-state index < -0.39 is 11.7 Å².